The number of rotatable bonds is 9. The first kappa shape index (κ1) is 22.4. The lowest BCUT2D eigenvalue weighted by molar-refractivity contribution is -0.226. The van der Waals surface area contributed by atoms with Crippen LogP contribution in [-0.4, -0.2) is 74.0 Å². The molecule has 4 fully saturated rings. The van der Waals surface area contributed by atoms with Gasteiger partial charge in [0.25, 0.3) is 0 Å². The molecule has 0 saturated carbocycles. The highest BCUT2D eigenvalue weighted by Crippen LogP contribution is 2.43. The normalized spacial score (nSPS) is 43.5. The summed E-state index contributed by atoms with van der Waals surface area (Å²) in [7, 11) is 0. The van der Waals surface area contributed by atoms with Crippen molar-refractivity contribution in [3.05, 3.63) is 25.3 Å². The second kappa shape index (κ2) is 8.60. The van der Waals surface area contributed by atoms with E-state index in [1.165, 1.54) is 0 Å². The van der Waals surface area contributed by atoms with Crippen LogP contribution in [0.4, 0.5) is 0 Å². The Bertz CT molecular complexity index is 581. The Labute approximate surface area is 178 Å². The molecule has 8 heteroatoms. The van der Waals surface area contributed by atoms with Gasteiger partial charge in [-0.1, -0.05) is 12.2 Å². The van der Waals surface area contributed by atoms with E-state index < -0.39 is 24.2 Å². The Balaban J connectivity index is 1.39. The van der Waals surface area contributed by atoms with E-state index in [9.17, 15) is 0 Å². The summed E-state index contributed by atoms with van der Waals surface area (Å²) >= 11 is 0. The van der Waals surface area contributed by atoms with E-state index in [4.69, 9.17) is 37.9 Å². The van der Waals surface area contributed by atoms with Gasteiger partial charge < -0.3 is 37.9 Å². The number of ether oxygens (including phenoxy) is 8. The summed E-state index contributed by atoms with van der Waals surface area (Å²) in [6, 6.07) is 0. The maximum atomic E-state index is 6.15. The van der Waals surface area contributed by atoms with Crippen LogP contribution in [0.2, 0.25) is 0 Å². The second-order valence-electron chi connectivity index (χ2n) is 9.04. The van der Waals surface area contributed by atoms with Gasteiger partial charge in [-0.2, -0.15) is 0 Å². The predicted octanol–water partition coefficient (Wildman–Crippen LogP) is 2.66. The first-order valence-electron chi connectivity index (χ1n) is 10.7. The molecule has 0 radical (unpaired) electrons. The van der Waals surface area contributed by atoms with Crippen molar-refractivity contribution in [1.82, 2.24) is 0 Å². The van der Waals surface area contributed by atoms with Crippen molar-refractivity contribution < 1.29 is 37.9 Å². The lowest BCUT2D eigenvalue weighted by atomic mass is 10.00. The number of hydrogen-bond acceptors (Lipinski definition) is 8. The topological polar surface area (TPSA) is 73.8 Å². The lowest BCUT2D eigenvalue weighted by Crippen LogP contribution is -2.39. The Morgan fingerprint density at radius 1 is 0.700 bits per heavy atom. The second-order valence-corrected chi connectivity index (χ2v) is 9.04. The highest BCUT2D eigenvalue weighted by molar-refractivity contribution is 4.98. The third-order valence-electron chi connectivity index (χ3n) is 5.72. The summed E-state index contributed by atoms with van der Waals surface area (Å²) in [4.78, 5) is 0. The fourth-order valence-electron chi connectivity index (χ4n) is 4.65. The zero-order valence-corrected chi connectivity index (χ0v) is 18.3. The van der Waals surface area contributed by atoms with Crippen LogP contribution < -0.4 is 0 Å². The van der Waals surface area contributed by atoms with E-state index in [1.807, 2.05) is 27.7 Å². The molecule has 4 aliphatic heterocycles. The average Bonchev–Trinajstić information content (AvgIpc) is 3.32. The van der Waals surface area contributed by atoms with Gasteiger partial charge in [0, 0.05) is 0 Å². The van der Waals surface area contributed by atoms with Gasteiger partial charge in [0.15, 0.2) is 24.2 Å². The fraction of sp³-hybridized carbons (Fsp3) is 0.818. The van der Waals surface area contributed by atoms with E-state index in [0.29, 0.717) is 26.1 Å². The largest absolute Gasteiger partial charge is 0.369 e. The average molecular weight is 427 g/mol. The minimum Gasteiger partial charge on any atom is -0.369 e. The molecule has 0 N–H and O–H groups in total. The lowest BCUT2D eigenvalue weighted by Gasteiger charge is -2.28. The number of hydrogen-bond donors (Lipinski definition) is 0. The summed E-state index contributed by atoms with van der Waals surface area (Å²) in [6.07, 6.45) is 2.58. The molecule has 0 aromatic carbocycles. The molecule has 170 valence electrons. The van der Waals surface area contributed by atoms with E-state index in [2.05, 4.69) is 13.2 Å². The summed E-state index contributed by atoms with van der Waals surface area (Å²) < 4.78 is 48.1. The van der Waals surface area contributed by atoms with Crippen LogP contribution in [0, 0.1) is 0 Å². The molecule has 8 nitrogen and oxygen atoms in total. The van der Waals surface area contributed by atoms with Crippen LogP contribution >= 0.6 is 0 Å². The maximum Gasteiger partial charge on any atom is 0.190 e. The molecule has 0 unspecified atom stereocenters. The smallest absolute Gasteiger partial charge is 0.190 e. The van der Waals surface area contributed by atoms with E-state index in [0.717, 1.165) is 0 Å². The van der Waals surface area contributed by atoms with Crippen molar-refractivity contribution in [3.63, 3.8) is 0 Å². The molecule has 8 atom stereocenters. The molecule has 0 aromatic heterocycles. The van der Waals surface area contributed by atoms with Crippen LogP contribution in [0.25, 0.3) is 0 Å². The molecule has 4 heterocycles. The van der Waals surface area contributed by atoms with Crippen molar-refractivity contribution in [1.29, 1.82) is 0 Å². The maximum absolute atomic E-state index is 6.15. The van der Waals surface area contributed by atoms with Gasteiger partial charge in [0.2, 0.25) is 0 Å². The number of fused-ring (bicyclic) bond motifs is 2. The third-order valence-corrected chi connectivity index (χ3v) is 5.72. The highest BCUT2D eigenvalue weighted by Gasteiger charge is 2.57. The molecular weight excluding hydrogens is 392 g/mol. The molecular formula is C22H34O8. The van der Waals surface area contributed by atoms with Crippen molar-refractivity contribution in [2.24, 2.45) is 0 Å². The van der Waals surface area contributed by atoms with Gasteiger partial charge in [-0.25, -0.2) is 0 Å². The molecule has 0 amide bonds. The zero-order valence-electron chi connectivity index (χ0n) is 18.3. The fourth-order valence-corrected chi connectivity index (χ4v) is 4.65. The molecule has 4 rings (SSSR count). The highest BCUT2D eigenvalue weighted by atomic mass is 16.9. The summed E-state index contributed by atoms with van der Waals surface area (Å²) in [5.41, 5.74) is 0. The first-order valence-corrected chi connectivity index (χ1v) is 10.7. The van der Waals surface area contributed by atoms with Gasteiger partial charge >= 0.3 is 0 Å². The van der Waals surface area contributed by atoms with Crippen molar-refractivity contribution >= 4 is 0 Å². The standard InChI is InChI=1S/C22H34O8/c1-7-11-23-15-13(25-19-17(15)27-21(3,4)29-19)9-10-14-16(24-12-8-2)18-20(26-14)30-22(5,6)28-18/h7-8,13-20H,1-2,9-12H2,3-6H3/t13-,14-,15+,16+,17-,18-,19-,20-/m1/s1. The molecule has 0 aliphatic carbocycles. The summed E-state index contributed by atoms with van der Waals surface area (Å²) in [5.74, 6) is -1.37. The SMILES string of the molecule is C=CCO[C@@H]1[C@H]2OC(C)(C)O[C@H]2O[C@@H]1CC[C@H]1O[C@@H]2OC(C)(C)O[C@@H]2[C@H]1OCC=C. The van der Waals surface area contributed by atoms with Crippen molar-refractivity contribution in [3.8, 4) is 0 Å². The summed E-state index contributed by atoms with van der Waals surface area (Å²) in [6.45, 7) is 15.8. The van der Waals surface area contributed by atoms with Crippen LogP contribution in [0.1, 0.15) is 40.5 Å². The van der Waals surface area contributed by atoms with E-state index in [1.54, 1.807) is 12.2 Å². The van der Waals surface area contributed by atoms with Gasteiger partial charge in [0.05, 0.1) is 25.4 Å². The molecule has 4 aliphatic rings. The van der Waals surface area contributed by atoms with Gasteiger partial charge in [-0.3, -0.25) is 0 Å². The predicted molar refractivity (Wildman–Crippen MR) is 107 cm³/mol. The van der Waals surface area contributed by atoms with Gasteiger partial charge in [-0.15, -0.1) is 13.2 Å². The van der Waals surface area contributed by atoms with Gasteiger partial charge in [0.1, 0.15) is 24.4 Å². The Morgan fingerprint density at radius 2 is 1.10 bits per heavy atom. The first-order chi connectivity index (χ1) is 14.2. The van der Waals surface area contributed by atoms with Crippen LogP contribution in [0.3, 0.4) is 0 Å². The third kappa shape index (κ3) is 4.52. The van der Waals surface area contributed by atoms with Gasteiger partial charge in [-0.05, 0) is 40.5 Å². The van der Waals surface area contributed by atoms with Crippen LogP contribution in [0.15, 0.2) is 25.3 Å². The quantitative estimate of drug-likeness (QED) is 0.521. The van der Waals surface area contributed by atoms with Crippen LogP contribution in [-0.2, 0) is 37.9 Å². The molecule has 0 bridgehead atoms. The summed E-state index contributed by atoms with van der Waals surface area (Å²) in [5, 5.41) is 0. The molecule has 4 saturated heterocycles. The van der Waals surface area contributed by atoms with Crippen molar-refractivity contribution in [2.75, 3.05) is 13.2 Å². The van der Waals surface area contributed by atoms with Crippen LogP contribution in [0.5, 0.6) is 0 Å². The Kier molecular flexibility index (Phi) is 6.41. The minimum atomic E-state index is -0.687. The molecule has 0 aromatic rings. The Hall–Kier alpha value is -0.840. The van der Waals surface area contributed by atoms with E-state index >= 15 is 0 Å². The van der Waals surface area contributed by atoms with Crippen molar-refractivity contribution in [2.45, 2.75) is 101 Å². The molecule has 0 spiro atoms. The monoisotopic (exact) mass is 426 g/mol. The minimum absolute atomic E-state index is 0.182. The Morgan fingerprint density at radius 3 is 1.47 bits per heavy atom. The van der Waals surface area contributed by atoms with E-state index in [-0.39, 0.29) is 36.6 Å². The zero-order chi connectivity index (χ0) is 21.5. The molecule has 30 heavy (non-hydrogen) atoms.